The van der Waals surface area contributed by atoms with Gasteiger partial charge in [-0.15, -0.1) is 0 Å². The van der Waals surface area contributed by atoms with E-state index >= 15 is 0 Å². The quantitative estimate of drug-likeness (QED) is 0.137. The van der Waals surface area contributed by atoms with Crippen LogP contribution in [0.2, 0.25) is 0 Å². The highest BCUT2D eigenvalue weighted by molar-refractivity contribution is 5.75. The highest BCUT2D eigenvalue weighted by Gasteiger charge is 2.33. The minimum Gasteiger partial charge on any atom is -0.491 e. The zero-order valence-corrected chi connectivity index (χ0v) is 26.0. The molecule has 6 rings (SSSR count). The second kappa shape index (κ2) is 14.3. The lowest BCUT2D eigenvalue weighted by Gasteiger charge is -2.33. The van der Waals surface area contributed by atoms with E-state index in [9.17, 15) is 10.2 Å². The standard InChI is InChI=1S/C42H38O4/c1-42(35-19-17-32(18-20-35)31-11-5-2-6-12-31,36-21-23-40(45-27-25-43)38(29-36)33-13-7-3-8-14-33)37-22-24-41(46-28-26-44)39(30-37)34-15-9-4-10-16-34/h2-24,29-30,43-44H,25-28H2,1H3. The maximum atomic E-state index is 9.52. The summed E-state index contributed by atoms with van der Waals surface area (Å²) in [5.41, 5.74) is 9.08. The third-order valence-electron chi connectivity index (χ3n) is 8.55. The van der Waals surface area contributed by atoms with Crippen molar-refractivity contribution in [1.29, 1.82) is 0 Å². The zero-order chi connectivity index (χ0) is 31.8. The van der Waals surface area contributed by atoms with Crippen molar-refractivity contribution in [1.82, 2.24) is 0 Å². The van der Waals surface area contributed by atoms with Crippen LogP contribution in [-0.4, -0.2) is 36.6 Å². The third kappa shape index (κ3) is 6.45. The van der Waals surface area contributed by atoms with Crippen LogP contribution in [0.5, 0.6) is 11.5 Å². The fourth-order valence-electron chi connectivity index (χ4n) is 6.06. The van der Waals surface area contributed by atoms with Gasteiger partial charge in [0.15, 0.2) is 0 Å². The summed E-state index contributed by atoms with van der Waals surface area (Å²) in [6.45, 7) is 2.57. The van der Waals surface area contributed by atoms with Gasteiger partial charge in [-0.2, -0.15) is 0 Å². The van der Waals surface area contributed by atoms with Crippen LogP contribution < -0.4 is 9.47 Å². The lowest BCUT2D eigenvalue weighted by molar-refractivity contribution is 0.202. The lowest BCUT2D eigenvalue weighted by Crippen LogP contribution is -2.25. The van der Waals surface area contributed by atoms with Gasteiger partial charge in [0.1, 0.15) is 24.7 Å². The Morgan fingerprint density at radius 3 is 1.22 bits per heavy atom. The minimum atomic E-state index is -0.576. The van der Waals surface area contributed by atoms with E-state index in [1.807, 2.05) is 54.6 Å². The molecule has 4 nitrogen and oxygen atoms in total. The summed E-state index contributed by atoms with van der Waals surface area (Å²) in [5.74, 6) is 1.45. The van der Waals surface area contributed by atoms with Crippen LogP contribution in [0.25, 0.3) is 33.4 Å². The topological polar surface area (TPSA) is 58.9 Å². The fraction of sp³-hybridized carbons (Fsp3) is 0.143. The van der Waals surface area contributed by atoms with Crippen LogP contribution in [0, 0.1) is 0 Å². The predicted molar refractivity (Wildman–Crippen MR) is 186 cm³/mol. The molecule has 0 aromatic heterocycles. The van der Waals surface area contributed by atoms with Gasteiger partial charge in [-0.3, -0.25) is 0 Å². The van der Waals surface area contributed by atoms with E-state index in [4.69, 9.17) is 9.47 Å². The lowest BCUT2D eigenvalue weighted by atomic mass is 9.70. The zero-order valence-electron chi connectivity index (χ0n) is 26.0. The van der Waals surface area contributed by atoms with E-state index in [0.717, 1.165) is 56.0 Å². The molecule has 4 heteroatoms. The molecule has 0 atom stereocenters. The number of hydrogen-bond donors (Lipinski definition) is 2. The van der Waals surface area contributed by atoms with E-state index in [2.05, 4.69) is 104 Å². The van der Waals surface area contributed by atoms with Crippen molar-refractivity contribution in [3.63, 3.8) is 0 Å². The van der Waals surface area contributed by atoms with Crippen LogP contribution >= 0.6 is 0 Å². The van der Waals surface area contributed by atoms with Gasteiger partial charge in [-0.1, -0.05) is 127 Å². The number of ether oxygens (including phenoxy) is 2. The monoisotopic (exact) mass is 606 g/mol. The van der Waals surface area contributed by atoms with E-state index < -0.39 is 5.41 Å². The van der Waals surface area contributed by atoms with Crippen molar-refractivity contribution in [2.24, 2.45) is 0 Å². The molecule has 0 aliphatic rings. The highest BCUT2D eigenvalue weighted by atomic mass is 16.5. The smallest absolute Gasteiger partial charge is 0.127 e. The summed E-state index contributed by atoms with van der Waals surface area (Å²) >= 11 is 0. The molecule has 0 spiro atoms. The Balaban J connectivity index is 1.56. The maximum absolute atomic E-state index is 9.52. The Kier molecular flexibility index (Phi) is 9.59. The van der Waals surface area contributed by atoms with Crippen LogP contribution in [-0.2, 0) is 5.41 Å². The Labute approximate surface area is 271 Å². The molecule has 2 N–H and O–H groups in total. The molecule has 0 aliphatic heterocycles. The molecular weight excluding hydrogens is 568 g/mol. The predicted octanol–water partition coefficient (Wildman–Crippen LogP) is 8.78. The minimum absolute atomic E-state index is 0.0611. The molecule has 0 aliphatic carbocycles. The largest absolute Gasteiger partial charge is 0.491 e. The van der Waals surface area contributed by atoms with Gasteiger partial charge in [0.05, 0.1) is 13.2 Å². The van der Waals surface area contributed by atoms with Gasteiger partial charge in [0.2, 0.25) is 0 Å². The number of aliphatic hydroxyl groups is 2. The molecule has 0 saturated carbocycles. The molecule has 0 heterocycles. The third-order valence-corrected chi connectivity index (χ3v) is 8.55. The molecule has 0 fully saturated rings. The SMILES string of the molecule is CC(c1ccc(-c2ccccc2)cc1)(c1ccc(OCCO)c(-c2ccccc2)c1)c1ccc(OCCO)c(-c2ccccc2)c1. The first-order chi connectivity index (χ1) is 22.6. The molecule has 6 aromatic rings. The maximum Gasteiger partial charge on any atom is 0.127 e. The van der Waals surface area contributed by atoms with Crippen molar-refractivity contribution in [2.75, 3.05) is 26.4 Å². The van der Waals surface area contributed by atoms with Crippen molar-refractivity contribution < 1.29 is 19.7 Å². The van der Waals surface area contributed by atoms with E-state index in [0.29, 0.717) is 0 Å². The summed E-state index contributed by atoms with van der Waals surface area (Å²) in [7, 11) is 0. The summed E-state index contributed by atoms with van der Waals surface area (Å²) in [4.78, 5) is 0. The van der Waals surface area contributed by atoms with Crippen LogP contribution in [0.1, 0.15) is 23.6 Å². The molecule has 0 radical (unpaired) electrons. The Morgan fingerprint density at radius 1 is 0.435 bits per heavy atom. The van der Waals surface area contributed by atoms with Crippen molar-refractivity contribution in [2.45, 2.75) is 12.3 Å². The Bertz CT molecular complexity index is 1760. The van der Waals surface area contributed by atoms with E-state index in [1.165, 1.54) is 5.56 Å². The number of rotatable bonds is 12. The second-order valence-electron chi connectivity index (χ2n) is 11.4. The van der Waals surface area contributed by atoms with Crippen LogP contribution in [0.4, 0.5) is 0 Å². The molecule has 0 saturated heterocycles. The van der Waals surface area contributed by atoms with Crippen LogP contribution in [0.3, 0.4) is 0 Å². The average molecular weight is 607 g/mol. The molecule has 6 aromatic carbocycles. The summed E-state index contributed by atoms with van der Waals surface area (Å²) in [6, 6.07) is 52.4. The summed E-state index contributed by atoms with van der Waals surface area (Å²) < 4.78 is 12.1. The second-order valence-corrected chi connectivity index (χ2v) is 11.4. The van der Waals surface area contributed by atoms with Crippen LogP contribution in [0.15, 0.2) is 152 Å². The Morgan fingerprint density at radius 2 is 0.804 bits per heavy atom. The van der Waals surface area contributed by atoms with Gasteiger partial charge in [0.25, 0.3) is 0 Å². The number of aliphatic hydroxyl groups excluding tert-OH is 2. The molecule has 46 heavy (non-hydrogen) atoms. The van der Waals surface area contributed by atoms with Crippen molar-refractivity contribution in [3.05, 3.63) is 168 Å². The first-order valence-corrected chi connectivity index (χ1v) is 15.6. The van der Waals surface area contributed by atoms with E-state index in [1.54, 1.807) is 0 Å². The van der Waals surface area contributed by atoms with Crippen molar-refractivity contribution in [3.8, 4) is 44.9 Å². The summed E-state index contributed by atoms with van der Waals surface area (Å²) in [5, 5.41) is 19.0. The van der Waals surface area contributed by atoms with Gasteiger partial charge in [-0.25, -0.2) is 0 Å². The number of benzene rings is 6. The molecule has 0 amide bonds. The molecule has 0 unspecified atom stereocenters. The molecule has 230 valence electrons. The average Bonchev–Trinajstić information content (AvgIpc) is 3.14. The summed E-state index contributed by atoms with van der Waals surface area (Å²) in [6.07, 6.45) is 0. The molecule has 0 bridgehead atoms. The molecular formula is C42H38O4. The first kappa shape index (κ1) is 30.8. The Hall–Kier alpha value is -5.16. The number of hydrogen-bond acceptors (Lipinski definition) is 4. The fourth-order valence-corrected chi connectivity index (χ4v) is 6.06. The van der Waals surface area contributed by atoms with Crippen molar-refractivity contribution >= 4 is 0 Å². The van der Waals surface area contributed by atoms with E-state index in [-0.39, 0.29) is 26.4 Å². The van der Waals surface area contributed by atoms with Gasteiger partial charge in [-0.05, 0) is 70.1 Å². The van der Waals surface area contributed by atoms with Gasteiger partial charge >= 0.3 is 0 Å². The normalized spacial score (nSPS) is 11.3. The van der Waals surface area contributed by atoms with Gasteiger partial charge < -0.3 is 19.7 Å². The highest BCUT2D eigenvalue weighted by Crippen LogP contribution is 2.45. The first-order valence-electron chi connectivity index (χ1n) is 15.6. The van der Waals surface area contributed by atoms with Gasteiger partial charge in [0, 0.05) is 16.5 Å².